The second kappa shape index (κ2) is 5.72. The van der Waals surface area contributed by atoms with Gasteiger partial charge >= 0.3 is 0 Å². The van der Waals surface area contributed by atoms with Crippen LogP contribution in [0.3, 0.4) is 0 Å². The molecule has 0 saturated carbocycles. The summed E-state index contributed by atoms with van der Waals surface area (Å²) >= 11 is 6.49. The summed E-state index contributed by atoms with van der Waals surface area (Å²) in [6.45, 7) is 11.0. The van der Waals surface area contributed by atoms with Crippen molar-refractivity contribution in [3.8, 4) is 0 Å². The average molecular weight is 239 g/mol. The number of hydrogen-bond acceptors (Lipinski definition) is 0. The molecule has 0 aliphatic carbocycles. The highest BCUT2D eigenvalue weighted by atomic mass is 35.5. The molecular weight excluding hydrogens is 216 g/mol. The summed E-state index contributed by atoms with van der Waals surface area (Å²) in [4.78, 5) is 0. The van der Waals surface area contributed by atoms with Crippen molar-refractivity contribution in [2.24, 2.45) is 11.8 Å². The van der Waals surface area contributed by atoms with Crippen LogP contribution in [0.25, 0.3) is 0 Å². The first-order chi connectivity index (χ1) is 7.41. The van der Waals surface area contributed by atoms with Crippen molar-refractivity contribution in [1.82, 2.24) is 0 Å². The van der Waals surface area contributed by atoms with Crippen LogP contribution in [-0.4, -0.2) is 5.38 Å². The maximum absolute atomic E-state index is 6.49. The molecule has 0 aromatic heterocycles. The highest BCUT2D eigenvalue weighted by Crippen LogP contribution is 2.24. The summed E-state index contributed by atoms with van der Waals surface area (Å²) in [5.74, 6) is 1.20. The van der Waals surface area contributed by atoms with Gasteiger partial charge in [-0.2, -0.15) is 0 Å². The van der Waals surface area contributed by atoms with Crippen LogP contribution in [0, 0.1) is 25.7 Å². The second-order valence-electron chi connectivity index (χ2n) is 5.25. The maximum atomic E-state index is 6.49. The molecule has 0 nitrogen and oxygen atoms in total. The van der Waals surface area contributed by atoms with Crippen LogP contribution in [0.15, 0.2) is 18.2 Å². The summed E-state index contributed by atoms with van der Waals surface area (Å²) in [5, 5.41) is 0.237. The first-order valence-corrected chi connectivity index (χ1v) is 6.55. The minimum atomic E-state index is 0.237. The molecule has 2 atom stereocenters. The molecule has 0 amide bonds. The fourth-order valence-corrected chi connectivity index (χ4v) is 2.29. The minimum absolute atomic E-state index is 0.237. The Hall–Kier alpha value is -0.490. The van der Waals surface area contributed by atoms with Gasteiger partial charge in [0.25, 0.3) is 0 Å². The van der Waals surface area contributed by atoms with E-state index in [0.29, 0.717) is 11.8 Å². The molecule has 0 N–H and O–H groups in total. The lowest BCUT2D eigenvalue weighted by atomic mass is 9.89. The maximum Gasteiger partial charge on any atom is 0.0404 e. The number of halogens is 1. The van der Waals surface area contributed by atoms with Gasteiger partial charge in [0.2, 0.25) is 0 Å². The highest BCUT2D eigenvalue weighted by Gasteiger charge is 2.18. The Morgan fingerprint density at radius 2 is 1.75 bits per heavy atom. The first kappa shape index (κ1) is 13.6. The van der Waals surface area contributed by atoms with Crippen molar-refractivity contribution in [1.29, 1.82) is 0 Å². The van der Waals surface area contributed by atoms with Crippen LogP contribution in [0.1, 0.15) is 37.5 Å². The largest absolute Gasteiger partial charge is 0.122 e. The minimum Gasteiger partial charge on any atom is -0.122 e. The molecule has 1 heteroatoms. The van der Waals surface area contributed by atoms with E-state index in [0.717, 1.165) is 6.42 Å². The van der Waals surface area contributed by atoms with E-state index in [9.17, 15) is 0 Å². The van der Waals surface area contributed by atoms with E-state index in [2.05, 4.69) is 52.8 Å². The third-order valence-corrected chi connectivity index (χ3v) is 4.09. The quantitative estimate of drug-likeness (QED) is 0.665. The number of benzene rings is 1. The monoisotopic (exact) mass is 238 g/mol. The van der Waals surface area contributed by atoms with Crippen molar-refractivity contribution in [3.05, 3.63) is 34.9 Å². The number of aryl methyl sites for hydroxylation is 2. The molecule has 90 valence electrons. The standard InChI is InChI=1S/C15H23Cl/c1-10(2)13(5)15(16)9-14-8-11(3)6-7-12(14)4/h6-8,10,13,15H,9H2,1-5H3. The fraction of sp³-hybridized carbons (Fsp3) is 0.600. The molecule has 0 spiro atoms. The van der Waals surface area contributed by atoms with E-state index < -0.39 is 0 Å². The molecular formula is C15H23Cl. The lowest BCUT2D eigenvalue weighted by Gasteiger charge is -2.22. The van der Waals surface area contributed by atoms with Crippen LogP contribution in [0.5, 0.6) is 0 Å². The molecule has 1 aromatic rings. The van der Waals surface area contributed by atoms with Gasteiger partial charge in [0.05, 0.1) is 0 Å². The Morgan fingerprint density at radius 1 is 1.12 bits per heavy atom. The van der Waals surface area contributed by atoms with Crippen molar-refractivity contribution < 1.29 is 0 Å². The van der Waals surface area contributed by atoms with E-state index in [1.54, 1.807) is 0 Å². The van der Waals surface area contributed by atoms with Gasteiger partial charge in [0, 0.05) is 5.38 Å². The summed E-state index contributed by atoms with van der Waals surface area (Å²) in [5.41, 5.74) is 4.07. The van der Waals surface area contributed by atoms with E-state index in [4.69, 9.17) is 11.6 Å². The molecule has 1 rings (SSSR count). The van der Waals surface area contributed by atoms with Gasteiger partial charge in [-0.15, -0.1) is 11.6 Å². The summed E-state index contributed by atoms with van der Waals surface area (Å²) < 4.78 is 0. The van der Waals surface area contributed by atoms with Gasteiger partial charge in [-0.25, -0.2) is 0 Å². The normalized spacial score (nSPS) is 15.2. The SMILES string of the molecule is Cc1ccc(C)c(CC(Cl)C(C)C(C)C)c1. The Kier molecular flexibility index (Phi) is 4.86. The third-order valence-electron chi connectivity index (χ3n) is 3.54. The van der Waals surface area contributed by atoms with Crippen molar-refractivity contribution in [2.75, 3.05) is 0 Å². The summed E-state index contributed by atoms with van der Waals surface area (Å²) in [6.07, 6.45) is 0.981. The van der Waals surface area contributed by atoms with E-state index in [1.165, 1.54) is 16.7 Å². The average Bonchev–Trinajstić information content (AvgIpc) is 2.22. The predicted octanol–water partition coefficient (Wildman–Crippen LogP) is 4.75. The zero-order chi connectivity index (χ0) is 12.3. The van der Waals surface area contributed by atoms with Crippen molar-refractivity contribution in [3.63, 3.8) is 0 Å². The van der Waals surface area contributed by atoms with Gasteiger partial charge in [0.1, 0.15) is 0 Å². The molecule has 0 saturated heterocycles. The zero-order valence-electron chi connectivity index (χ0n) is 11.0. The third kappa shape index (κ3) is 3.52. The van der Waals surface area contributed by atoms with Crippen LogP contribution in [-0.2, 0) is 6.42 Å². The van der Waals surface area contributed by atoms with Gasteiger partial charge in [-0.05, 0) is 43.2 Å². The van der Waals surface area contributed by atoms with Crippen LogP contribution < -0.4 is 0 Å². The van der Waals surface area contributed by atoms with E-state index in [1.807, 2.05) is 0 Å². The Balaban J connectivity index is 2.76. The van der Waals surface area contributed by atoms with E-state index in [-0.39, 0.29) is 5.38 Å². The second-order valence-corrected chi connectivity index (χ2v) is 5.81. The lowest BCUT2D eigenvalue weighted by molar-refractivity contribution is 0.398. The molecule has 0 bridgehead atoms. The molecule has 16 heavy (non-hydrogen) atoms. The first-order valence-electron chi connectivity index (χ1n) is 6.12. The molecule has 0 aliphatic rings. The molecule has 0 fully saturated rings. The smallest absolute Gasteiger partial charge is 0.0404 e. The summed E-state index contributed by atoms with van der Waals surface area (Å²) in [7, 11) is 0. The van der Waals surface area contributed by atoms with Gasteiger partial charge in [-0.1, -0.05) is 44.5 Å². The number of hydrogen-bond donors (Lipinski definition) is 0. The molecule has 0 radical (unpaired) electrons. The fourth-order valence-electron chi connectivity index (χ4n) is 1.83. The Bertz CT molecular complexity index is 341. The molecule has 0 aliphatic heterocycles. The highest BCUT2D eigenvalue weighted by molar-refractivity contribution is 6.20. The Morgan fingerprint density at radius 3 is 2.31 bits per heavy atom. The lowest BCUT2D eigenvalue weighted by Crippen LogP contribution is -2.20. The van der Waals surface area contributed by atoms with Crippen LogP contribution in [0.4, 0.5) is 0 Å². The predicted molar refractivity (Wildman–Crippen MR) is 73.3 cm³/mol. The van der Waals surface area contributed by atoms with E-state index >= 15 is 0 Å². The van der Waals surface area contributed by atoms with Crippen LogP contribution >= 0.6 is 11.6 Å². The van der Waals surface area contributed by atoms with Crippen molar-refractivity contribution >= 4 is 11.6 Å². The topological polar surface area (TPSA) is 0 Å². The zero-order valence-corrected chi connectivity index (χ0v) is 11.8. The molecule has 2 unspecified atom stereocenters. The van der Waals surface area contributed by atoms with Crippen LogP contribution in [0.2, 0.25) is 0 Å². The summed E-state index contributed by atoms with van der Waals surface area (Å²) in [6, 6.07) is 6.61. The Labute approximate surface area is 105 Å². The van der Waals surface area contributed by atoms with Crippen molar-refractivity contribution in [2.45, 2.75) is 46.4 Å². The number of rotatable bonds is 4. The number of alkyl halides is 1. The van der Waals surface area contributed by atoms with Gasteiger partial charge in [-0.3, -0.25) is 0 Å². The van der Waals surface area contributed by atoms with Gasteiger partial charge in [0.15, 0.2) is 0 Å². The van der Waals surface area contributed by atoms with Gasteiger partial charge < -0.3 is 0 Å². The molecule has 1 aromatic carbocycles. The molecule has 0 heterocycles.